The van der Waals surface area contributed by atoms with Gasteiger partial charge in [-0.3, -0.25) is 0 Å². The van der Waals surface area contributed by atoms with Gasteiger partial charge in [0.05, 0.1) is 6.61 Å². The molecule has 60 valence electrons. The Hall–Kier alpha value is -0.150. The molecule has 1 aliphatic heterocycles. The number of nitrogens with two attached hydrogens (primary N) is 1. The van der Waals surface area contributed by atoms with Crippen LogP contribution in [0.2, 0.25) is 0 Å². The molecule has 1 heterocycles. The summed E-state index contributed by atoms with van der Waals surface area (Å²) in [4.78, 5) is 0. The summed E-state index contributed by atoms with van der Waals surface area (Å²) >= 11 is 0. The molecule has 2 N–H and O–H groups in total. The third-order valence-corrected chi connectivity index (χ3v) is 1.92. The van der Waals surface area contributed by atoms with Gasteiger partial charge in [0.1, 0.15) is 6.17 Å². The van der Waals surface area contributed by atoms with Gasteiger partial charge in [0.15, 0.2) is 0 Å². The van der Waals surface area contributed by atoms with E-state index < -0.39 is 6.17 Å². The number of ether oxygens (including phenoxy) is 1. The molecule has 1 rings (SSSR count). The summed E-state index contributed by atoms with van der Waals surface area (Å²) in [5, 5.41) is 0. The van der Waals surface area contributed by atoms with Crippen LogP contribution in [0.3, 0.4) is 0 Å². The molecule has 2 atom stereocenters. The van der Waals surface area contributed by atoms with Crippen LogP contribution in [-0.2, 0) is 4.74 Å². The van der Waals surface area contributed by atoms with Crippen LogP contribution in [-0.4, -0.2) is 25.9 Å². The highest BCUT2D eigenvalue weighted by Crippen LogP contribution is 2.20. The molecule has 10 heavy (non-hydrogen) atoms. The summed E-state index contributed by atoms with van der Waals surface area (Å²) in [7, 11) is 0. The Morgan fingerprint density at radius 3 is 3.00 bits per heavy atom. The van der Waals surface area contributed by atoms with E-state index in [1.165, 1.54) is 0 Å². The number of hydrogen-bond donors (Lipinski definition) is 1. The quantitative estimate of drug-likeness (QED) is 0.638. The molecule has 0 aromatic carbocycles. The number of alkyl halides is 1. The van der Waals surface area contributed by atoms with E-state index in [9.17, 15) is 4.39 Å². The Morgan fingerprint density at radius 2 is 2.50 bits per heavy atom. The van der Waals surface area contributed by atoms with Crippen LogP contribution in [0.1, 0.15) is 12.8 Å². The first-order valence-corrected chi connectivity index (χ1v) is 3.76. The van der Waals surface area contributed by atoms with Gasteiger partial charge in [0.2, 0.25) is 0 Å². The average molecular weight is 147 g/mol. The molecule has 2 unspecified atom stereocenters. The van der Waals surface area contributed by atoms with Crippen molar-refractivity contribution in [1.29, 1.82) is 0 Å². The standard InChI is InChI=1S/C7H14FNO/c8-7(1-3-9)6-2-4-10-5-6/h6-7H,1-5,9H2. The predicted molar refractivity (Wildman–Crippen MR) is 37.5 cm³/mol. The molecule has 1 saturated heterocycles. The van der Waals surface area contributed by atoms with Gasteiger partial charge in [0.25, 0.3) is 0 Å². The van der Waals surface area contributed by atoms with Crippen molar-refractivity contribution in [3.8, 4) is 0 Å². The first-order chi connectivity index (χ1) is 4.84. The normalized spacial score (nSPS) is 28.8. The van der Waals surface area contributed by atoms with Crippen molar-refractivity contribution in [3.63, 3.8) is 0 Å². The zero-order valence-electron chi connectivity index (χ0n) is 6.05. The third-order valence-electron chi connectivity index (χ3n) is 1.92. The third kappa shape index (κ3) is 1.92. The number of halogens is 1. The van der Waals surface area contributed by atoms with Gasteiger partial charge in [0, 0.05) is 12.5 Å². The highest BCUT2D eigenvalue weighted by molar-refractivity contribution is 4.72. The van der Waals surface area contributed by atoms with E-state index in [0.29, 0.717) is 19.6 Å². The summed E-state index contributed by atoms with van der Waals surface area (Å²) < 4.78 is 18.0. The van der Waals surface area contributed by atoms with Crippen LogP contribution >= 0.6 is 0 Å². The largest absolute Gasteiger partial charge is 0.381 e. The second kappa shape index (κ2) is 3.88. The Morgan fingerprint density at radius 1 is 1.70 bits per heavy atom. The molecular formula is C7H14FNO. The number of rotatable bonds is 3. The van der Waals surface area contributed by atoms with Gasteiger partial charge in [-0.2, -0.15) is 0 Å². The lowest BCUT2D eigenvalue weighted by Crippen LogP contribution is -2.19. The second-order valence-corrected chi connectivity index (χ2v) is 2.72. The fourth-order valence-electron chi connectivity index (χ4n) is 1.23. The van der Waals surface area contributed by atoms with Crippen molar-refractivity contribution in [2.24, 2.45) is 11.7 Å². The summed E-state index contributed by atoms with van der Waals surface area (Å²) in [6, 6.07) is 0. The maximum absolute atomic E-state index is 12.9. The molecule has 0 bridgehead atoms. The van der Waals surface area contributed by atoms with E-state index in [4.69, 9.17) is 10.5 Å². The minimum absolute atomic E-state index is 0.114. The van der Waals surface area contributed by atoms with Gasteiger partial charge in [-0.1, -0.05) is 0 Å². The Labute approximate surface area is 60.5 Å². The Bertz CT molecular complexity index is 93.6. The zero-order valence-corrected chi connectivity index (χ0v) is 6.05. The topological polar surface area (TPSA) is 35.2 Å². The SMILES string of the molecule is NCCC(F)C1CCOC1. The summed E-state index contributed by atoms with van der Waals surface area (Å²) in [5.41, 5.74) is 5.22. The van der Waals surface area contributed by atoms with Gasteiger partial charge >= 0.3 is 0 Å². The number of hydrogen-bond acceptors (Lipinski definition) is 2. The Balaban J connectivity index is 2.18. The molecule has 0 saturated carbocycles. The molecule has 1 aliphatic rings. The zero-order chi connectivity index (χ0) is 7.40. The van der Waals surface area contributed by atoms with Crippen LogP contribution < -0.4 is 5.73 Å². The molecule has 0 aliphatic carbocycles. The van der Waals surface area contributed by atoms with Crippen LogP contribution in [0.4, 0.5) is 4.39 Å². The molecule has 0 aromatic heterocycles. The van der Waals surface area contributed by atoms with E-state index in [1.54, 1.807) is 0 Å². The van der Waals surface area contributed by atoms with Crippen LogP contribution in [0.25, 0.3) is 0 Å². The van der Waals surface area contributed by atoms with Crippen LogP contribution in [0.15, 0.2) is 0 Å². The monoisotopic (exact) mass is 147 g/mol. The van der Waals surface area contributed by atoms with Gasteiger partial charge in [-0.15, -0.1) is 0 Å². The van der Waals surface area contributed by atoms with Crippen molar-refractivity contribution in [2.75, 3.05) is 19.8 Å². The predicted octanol–water partition coefficient (Wildman–Crippen LogP) is 0.710. The smallest absolute Gasteiger partial charge is 0.106 e. The van der Waals surface area contributed by atoms with E-state index >= 15 is 0 Å². The fraction of sp³-hybridized carbons (Fsp3) is 1.00. The summed E-state index contributed by atoms with van der Waals surface area (Å²) in [6.07, 6.45) is 0.599. The van der Waals surface area contributed by atoms with E-state index in [-0.39, 0.29) is 5.92 Å². The minimum Gasteiger partial charge on any atom is -0.381 e. The van der Waals surface area contributed by atoms with Crippen molar-refractivity contribution in [2.45, 2.75) is 19.0 Å². The van der Waals surface area contributed by atoms with E-state index in [2.05, 4.69) is 0 Å². The lowest BCUT2D eigenvalue weighted by molar-refractivity contribution is 0.152. The van der Waals surface area contributed by atoms with Crippen molar-refractivity contribution in [3.05, 3.63) is 0 Å². The summed E-state index contributed by atoms with van der Waals surface area (Å²) in [6.45, 7) is 1.74. The van der Waals surface area contributed by atoms with Crippen molar-refractivity contribution in [1.82, 2.24) is 0 Å². The first kappa shape index (κ1) is 7.95. The molecule has 0 spiro atoms. The van der Waals surface area contributed by atoms with Crippen LogP contribution in [0, 0.1) is 5.92 Å². The molecule has 0 amide bonds. The second-order valence-electron chi connectivity index (χ2n) is 2.72. The Kier molecular flexibility index (Phi) is 3.09. The highest BCUT2D eigenvalue weighted by atomic mass is 19.1. The highest BCUT2D eigenvalue weighted by Gasteiger charge is 2.24. The molecule has 1 fully saturated rings. The van der Waals surface area contributed by atoms with Gasteiger partial charge < -0.3 is 10.5 Å². The van der Waals surface area contributed by atoms with E-state index in [1.807, 2.05) is 0 Å². The van der Waals surface area contributed by atoms with E-state index in [0.717, 1.165) is 13.0 Å². The van der Waals surface area contributed by atoms with Gasteiger partial charge in [-0.05, 0) is 19.4 Å². The molecule has 2 nitrogen and oxygen atoms in total. The van der Waals surface area contributed by atoms with Crippen LogP contribution in [0.5, 0.6) is 0 Å². The lowest BCUT2D eigenvalue weighted by Gasteiger charge is -2.11. The average Bonchev–Trinajstić information content (AvgIpc) is 2.38. The molecule has 3 heteroatoms. The van der Waals surface area contributed by atoms with Crippen molar-refractivity contribution < 1.29 is 9.13 Å². The molecule has 0 aromatic rings. The fourth-order valence-corrected chi connectivity index (χ4v) is 1.23. The molecular weight excluding hydrogens is 133 g/mol. The minimum atomic E-state index is -0.743. The van der Waals surface area contributed by atoms with Gasteiger partial charge in [-0.25, -0.2) is 4.39 Å². The van der Waals surface area contributed by atoms with Crippen molar-refractivity contribution >= 4 is 0 Å². The first-order valence-electron chi connectivity index (χ1n) is 3.76. The maximum atomic E-state index is 12.9. The lowest BCUT2D eigenvalue weighted by atomic mass is 10.0. The molecule has 0 radical (unpaired) electrons. The maximum Gasteiger partial charge on any atom is 0.106 e. The summed E-state index contributed by atoms with van der Waals surface area (Å²) in [5.74, 6) is 0.114.